The van der Waals surface area contributed by atoms with Crippen molar-refractivity contribution in [3.63, 3.8) is 0 Å². The summed E-state index contributed by atoms with van der Waals surface area (Å²) in [4.78, 5) is 40.2. The highest BCUT2D eigenvalue weighted by Crippen LogP contribution is 2.34. The number of piperidine rings is 1. The zero-order valence-corrected chi connectivity index (χ0v) is 29.7. The molecule has 5 N–H and O–H groups in total. The summed E-state index contributed by atoms with van der Waals surface area (Å²) in [5.41, 5.74) is 7.37. The smallest absolute Gasteiger partial charge is 0.326 e. The molecule has 278 valence electrons. The first-order chi connectivity index (χ1) is 26.2. The quantitative estimate of drug-likeness (QED) is 0.147. The highest BCUT2D eigenvalue weighted by Gasteiger charge is 2.46. The Kier molecular flexibility index (Phi) is 9.97. The normalized spacial score (nSPS) is 22.4. The maximum absolute atomic E-state index is 12.8. The van der Waals surface area contributed by atoms with Gasteiger partial charge in [-0.05, 0) is 42.7 Å². The summed E-state index contributed by atoms with van der Waals surface area (Å²) in [5, 5.41) is 33.4. The number of carbonyl (C=O) groups excluding carboxylic acids is 1. The summed E-state index contributed by atoms with van der Waals surface area (Å²) in [6.45, 7) is 3.33. The van der Waals surface area contributed by atoms with E-state index in [1.54, 1.807) is 18.2 Å². The number of aromatic amines is 1. The molecule has 13 heteroatoms. The lowest BCUT2D eigenvalue weighted by molar-refractivity contribution is -0.244. The van der Waals surface area contributed by atoms with Crippen LogP contribution in [-0.4, -0.2) is 96.0 Å². The summed E-state index contributed by atoms with van der Waals surface area (Å²) >= 11 is 0. The van der Waals surface area contributed by atoms with Crippen molar-refractivity contribution in [2.24, 2.45) is 0 Å². The highest BCUT2D eigenvalue weighted by atomic mass is 16.7. The molecule has 13 nitrogen and oxygen atoms in total. The number of nitrogens with one attached hydrogen (secondary N) is 2. The molecule has 5 unspecified atom stereocenters. The van der Waals surface area contributed by atoms with Crippen molar-refractivity contribution in [2.45, 2.75) is 63.0 Å². The maximum atomic E-state index is 12.8. The van der Waals surface area contributed by atoms with Crippen molar-refractivity contribution in [3.8, 4) is 28.3 Å². The summed E-state index contributed by atoms with van der Waals surface area (Å²) < 4.78 is 13.8. The standard InChI is InChI=1S/C41H42N6O7/c1-24(49)42-37-39(51)38(50)34(23-48)54-40(37)53-29-15-16-30-32(21-29)44-35(26-7-3-2-4-8-26)36(43-30)27-13-11-25(12-14-27)22-46-19-17-28(18-20-46)47-33-10-6-5-9-31(33)45-41(47)52/h2-16,21,28,34,37-40,48,50-51H,17-20,22-23H2,1H3,(H,42,49)(H,45,52). The Morgan fingerprint density at radius 3 is 2.30 bits per heavy atom. The molecule has 0 radical (unpaired) electrons. The van der Waals surface area contributed by atoms with Crippen molar-refractivity contribution in [1.82, 2.24) is 29.7 Å². The molecule has 0 bridgehead atoms. The second-order valence-electron chi connectivity index (χ2n) is 14.0. The maximum Gasteiger partial charge on any atom is 0.326 e. The Balaban J connectivity index is 1.02. The number of benzene rings is 4. The van der Waals surface area contributed by atoms with E-state index < -0.39 is 43.2 Å². The molecule has 4 heterocycles. The predicted octanol–water partition coefficient (Wildman–Crippen LogP) is 3.77. The number of ether oxygens (including phenoxy) is 2. The second kappa shape index (κ2) is 15.1. The number of nitrogens with zero attached hydrogens (tertiary/aromatic N) is 4. The molecular formula is C41H42N6O7. The fourth-order valence-corrected chi connectivity index (χ4v) is 7.61. The number of carbonyl (C=O) groups is 1. The first-order valence-corrected chi connectivity index (χ1v) is 18.2. The minimum absolute atomic E-state index is 0.0456. The highest BCUT2D eigenvalue weighted by molar-refractivity contribution is 5.87. The summed E-state index contributed by atoms with van der Waals surface area (Å²) in [5.74, 6) is -0.101. The molecule has 2 fully saturated rings. The summed E-state index contributed by atoms with van der Waals surface area (Å²) in [6.07, 6.45) is -3.35. The van der Waals surface area contributed by atoms with Crippen LogP contribution in [0.1, 0.15) is 31.4 Å². The Morgan fingerprint density at radius 2 is 1.57 bits per heavy atom. The van der Waals surface area contributed by atoms with Crippen LogP contribution in [0.3, 0.4) is 0 Å². The number of hydrogen-bond donors (Lipinski definition) is 5. The van der Waals surface area contributed by atoms with Crippen LogP contribution >= 0.6 is 0 Å². The molecule has 5 atom stereocenters. The topological polar surface area (TPSA) is 175 Å². The van der Waals surface area contributed by atoms with Crippen LogP contribution in [-0.2, 0) is 16.1 Å². The average molecular weight is 731 g/mol. The monoisotopic (exact) mass is 730 g/mol. The molecule has 6 aromatic rings. The molecule has 0 aliphatic carbocycles. The number of amides is 1. The second-order valence-corrected chi connectivity index (χ2v) is 14.0. The van der Waals surface area contributed by atoms with E-state index in [4.69, 9.17) is 19.4 Å². The number of H-pyrrole nitrogens is 1. The van der Waals surface area contributed by atoms with Gasteiger partial charge in [0.15, 0.2) is 0 Å². The van der Waals surface area contributed by atoms with E-state index in [1.165, 1.54) is 12.5 Å². The van der Waals surface area contributed by atoms with Gasteiger partial charge in [-0.15, -0.1) is 0 Å². The van der Waals surface area contributed by atoms with Gasteiger partial charge in [0.1, 0.15) is 30.1 Å². The molecule has 54 heavy (non-hydrogen) atoms. The molecule has 2 aliphatic rings. The first kappa shape index (κ1) is 35.6. The van der Waals surface area contributed by atoms with Crippen LogP contribution < -0.4 is 15.7 Å². The van der Waals surface area contributed by atoms with Crippen molar-refractivity contribution in [3.05, 3.63) is 113 Å². The zero-order valence-electron chi connectivity index (χ0n) is 29.7. The number of hydrogen-bond acceptors (Lipinski definition) is 10. The first-order valence-electron chi connectivity index (χ1n) is 18.2. The van der Waals surface area contributed by atoms with E-state index in [2.05, 4.69) is 39.5 Å². The SMILES string of the molecule is CC(=O)NC1C(Oc2ccc3nc(-c4ccc(CN5CCC(n6c(=O)[nH]c7ccccc76)CC5)cc4)c(-c4ccccc4)nc3c2)OC(CO)C(O)C1O. The fourth-order valence-electron chi connectivity index (χ4n) is 7.61. The van der Waals surface area contributed by atoms with Gasteiger partial charge in [-0.1, -0.05) is 66.7 Å². The minimum atomic E-state index is -1.43. The van der Waals surface area contributed by atoms with Crippen molar-refractivity contribution >= 4 is 28.0 Å². The van der Waals surface area contributed by atoms with Gasteiger partial charge in [-0.2, -0.15) is 0 Å². The van der Waals surface area contributed by atoms with E-state index >= 15 is 0 Å². The van der Waals surface area contributed by atoms with E-state index in [0.29, 0.717) is 22.5 Å². The Hall–Kier alpha value is -5.44. The van der Waals surface area contributed by atoms with Gasteiger partial charge in [0.2, 0.25) is 12.2 Å². The third kappa shape index (κ3) is 7.11. The number of aliphatic hydroxyl groups excluding tert-OH is 3. The molecule has 0 spiro atoms. The average Bonchev–Trinajstić information content (AvgIpc) is 3.53. The third-order valence-corrected chi connectivity index (χ3v) is 10.4. The number of aromatic nitrogens is 4. The minimum Gasteiger partial charge on any atom is -0.462 e. The predicted molar refractivity (Wildman–Crippen MR) is 203 cm³/mol. The molecule has 1 amide bonds. The summed E-state index contributed by atoms with van der Waals surface area (Å²) in [7, 11) is 0. The lowest BCUT2D eigenvalue weighted by Gasteiger charge is -2.42. The third-order valence-electron chi connectivity index (χ3n) is 10.4. The van der Waals surface area contributed by atoms with E-state index in [1.807, 2.05) is 59.2 Å². The van der Waals surface area contributed by atoms with Crippen LogP contribution in [0, 0.1) is 0 Å². The molecule has 2 aliphatic heterocycles. The Morgan fingerprint density at radius 1 is 0.889 bits per heavy atom. The van der Waals surface area contributed by atoms with E-state index in [9.17, 15) is 24.9 Å². The molecular weight excluding hydrogens is 688 g/mol. The largest absolute Gasteiger partial charge is 0.462 e. The molecule has 4 aromatic carbocycles. The number of aliphatic hydroxyl groups is 3. The Bertz CT molecular complexity index is 2320. The van der Waals surface area contributed by atoms with Crippen molar-refractivity contribution in [1.29, 1.82) is 0 Å². The molecule has 0 saturated carbocycles. The van der Waals surface area contributed by atoms with Crippen LogP contribution in [0.2, 0.25) is 0 Å². The molecule has 2 aromatic heterocycles. The fraction of sp³-hybridized carbons (Fsp3) is 0.317. The van der Waals surface area contributed by atoms with Crippen LogP contribution in [0.15, 0.2) is 102 Å². The van der Waals surface area contributed by atoms with Gasteiger partial charge < -0.3 is 35.1 Å². The van der Waals surface area contributed by atoms with Crippen molar-refractivity contribution in [2.75, 3.05) is 19.7 Å². The number of fused-ring (bicyclic) bond motifs is 2. The number of para-hydroxylation sites is 2. The van der Waals surface area contributed by atoms with Gasteiger partial charge in [0.25, 0.3) is 0 Å². The van der Waals surface area contributed by atoms with Crippen molar-refractivity contribution < 1.29 is 29.6 Å². The number of rotatable bonds is 9. The lowest BCUT2D eigenvalue weighted by atomic mass is 9.97. The van der Waals surface area contributed by atoms with E-state index in [-0.39, 0.29) is 11.7 Å². The van der Waals surface area contributed by atoms with E-state index in [0.717, 1.165) is 60.3 Å². The molecule has 8 rings (SSSR count). The van der Waals surface area contributed by atoms with Gasteiger partial charge in [0, 0.05) is 49.8 Å². The lowest BCUT2D eigenvalue weighted by Crippen LogP contribution is -2.65. The zero-order chi connectivity index (χ0) is 37.3. The van der Waals surface area contributed by atoms with Gasteiger partial charge >= 0.3 is 5.69 Å². The summed E-state index contributed by atoms with van der Waals surface area (Å²) in [6, 6.07) is 30.3. The van der Waals surface area contributed by atoms with Gasteiger partial charge in [-0.25, -0.2) is 14.8 Å². The van der Waals surface area contributed by atoms with Crippen LogP contribution in [0.25, 0.3) is 44.6 Å². The number of likely N-dealkylation sites (tertiary alicyclic amines) is 1. The van der Waals surface area contributed by atoms with Gasteiger partial charge in [0.05, 0.1) is 40.1 Å². The van der Waals surface area contributed by atoms with Crippen LogP contribution in [0.5, 0.6) is 5.75 Å². The Labute approximate surface area is 310 Å². The van der Waals surface area contributed by atoms with Gasteiger partial charge in [-0.3, -0.25) is 14.3 Å². The molecule has 2 saturated heterocycles. The van der Waals surface area contributed by atoms with Crippen LogP contribution in [0.4, 0.5) is 0 Å². The number of imidazole rings is 1.